The number of nitrogens with one attached hydrogen (secondary N) is 2. The Labute approximate surface area is 136 Å². The summed E-state index contributed by atoms with van der Waals surface area (Å²) in [4.78, 5) is 23.6. The molecule has 2 amide bonds. The highest BCUT2D eigenvalue weighted by Crippen LogP contribution is 2.24. The molecular weight excluding hydrogens is 296 g/mol. The fraction of sp³-hybridized carbons (Fsp3) is 0.412. The molecule has 0 aliphatic heterocycles. The maximum absolute atomic E-state index is 11.9. The van der Waals surface area contributed by atoms with Crippen LogP contribution < -0.4 is 20.1 Å². The maximum Gasteiger partial charge on any atom is 0.244 e. The number of carbonyl (C=O) groups excluding carboxylic acids is 2. The smallest absolute Gasteiger partial charge is 0.244 e. The van der Waals surface area contributed by atoms with Gasteiger partial charge in [0.05, 0.1) is 14.2 Å². The van der Waals surface area contributed by atoms with Crippen LogP contribution in [0.4, 0.5) is 0 Å². The molecule has 0 fully saturated rings. The maximum atomic E-state index is 11.9. The SMILES string of the molecule is CCCNC(=O)[C@H](C)NC(=O)/C=C/c1cc(OC)ccc1OC. The number of hydrogen-bond acceptors (Lipinski definition) is 4. The summed E-state index contributed by atoms with van der Waals surface area (Å²) >= 11 is 0. The number of amides is 2. The molecule has 0 spiro atoms. The number of methoxy groups -OCH3 is 2. The molecule has 1 aromatic carbocycles. The van der Waals surface area contributed by atoms with Crippen molar-refractivity contribution in [3.63, 3.8) is 0 Å². The third-order valence-electron chi connectivity index (χ3n) is 3.15. The summed E-state index contributed by atoms with van der Waals surface area (Å²) in [6.07, 6.45) is 3.83. The molecule has 6 nitrogen and oxygen atoms in total. The van der Waals surface area contributed by atoms with Gasteiger partial charge in [-0.2, -0.15) is 0 Å². The van der Waals surface area contributed by atoms with E-state index in [9.17, 15) is 9.59 Å². The van der Waals surface area contributed by atoms with Crippen molar-refractivity contribution in [2.75, 3.05) is 20.8 Å². The van der Waals surface area contributed by atoms with Crippen molar-refractivity contribution in [3.05, 3.63) is 29.8 Å². The standard InChI is InChI=1S/C17H24N2O4/c1-5-10-18-17(21)12(2)19-16(20)9-6-13-11-14(22-3)7-8-15(13)23-4/h6-9,11-12H,5,10H2,1-4H3,(H,18,21)(H,19,20)/b9-6+/t12-/m0/s1. The van der Waals surface area contributed by atoms with Crippen LogP contribution in [0.2, 0.25) is 0 Å². The highest BCUT2D eigenvalue weighted by atomic mass is 16.5. The second kappa shape index (κ2) is 9.50. The van der Waals surface area contributed by atoms with E-state index in [1.54, 1.807) is 45.4 Å². The Morgan fingerprint density at radius 1 is 1.26 bits per heavy atom. The van der Waals surface area contributed by atoms with Gasteiger partial charge in [-0.05, 0) is 37.6 Å². The van der Waals surface area contributed by atoms with Gasteiger partial charge >= 0.3 is 0 Å². The van der Waals surface area contributed by atoms with E-state index in [0.717, 1.165) is 6.42 Å². The molecule has 0 unspecified atom stereocenters. The zero-order chi connectivity index (χ0) is 17.2. The highest BCUT2D eigenvalue weighted by molar-refractivity contribution is 5.95. The molecule has 23 heavy (non-hydrogen) atoms. The van der Waals surface area contributed by atoms with Crippen LogP contribution in [0.1, 0.15) is 25.8 Å². The van der Waals surface area contributed by atoms with Crippen LogP contribution in [-0.2, 0) is 9.59 Å². The van der Waals surface area contributed by atoms with Crippen LogP contribution in [0, 0.1) is 0 Å². The van der Waals surface area contributed by atoms with E-state index in [4.69, 9.17) is 9.47 Å². The van der Waals surface area contributed by atoms with E-state index in [1.165, 1.54) is 6.08 Å². The van der Waals surface area contributed by atoms with Crippen LogP contribution in [0.25, 0.3) is 6.08 Å². The lowest BCUT2D eigenvalue weighted by Crippen LogP contribution is -2.44. The Morgan fingerprint density at radius 3 is 2.61 bits per heavy atom. The van der Waals surface area contributed by atoms with Crippen LogP contribution in [0.15, 0.2) is 24.3 Å². The Balaban J connectivity index is 2.69. The van der Waals surface area contributed by atoms with E-state index in [2.05, 4.69) is 10.6 Å². The molecule has 2 N–H and O–H groups in total. The molecule has 1 atom stereocenters. The van der Waals surface area contributed by atoms with Crippen LogP contribution in [-0.4, -0.2) is 38.6 Å². The van der Waals surface area contributed by atoms with Crippen LogP contribution in [0.3, 0.4) is 0 Å². The lowest BCUT2D eigenvalue weighted by atomic mass is 10.1. The van der Waals surface area contributed by atoms with Crippen molar-refractivity contribution < 1.29 is 19.1 Å². The first-order valence-electron chi connectivity index (χ1n) is 7.50. The zero-order valence-electron chi connectivity index (χ0n) is 14.0. The number of benzene rings is 1. The summed E-state index contributed by atoms with van der Waals surface area (Å²) < 4.78 is 10.4. The first-order chi connectivity index (χ1) is 11.0. The minimum atomic E-state index is -0.592. The van der Waals surface area contributed by atoms with Gasteiger partial charge in [0.2, 0.25) is 11.8 Å². The summed E-state index contributed by atoms with van der Waals surface area (Å²) in [6.45, 7) is 4.20. The predicted octanol–water partition coefficient (Wildman–Crippen LogP) is 1.75. The molecule has 0 aliphatic carbocycles. The molecule has 1 rings (SSSR count). The second-order valence-electron chi connectivity index (χ2n) is 4.96. The van der Waals surface area contributed by atoms with Gasteiger partial charge in [-0.1, -0.05) is 6.92 Å². The van der Waals surface area contributed by atoms with E-state index in [0.29, 0.717) is 23.6 Å². The summed E-state index contributed by atoms with van der Waals surface area (Å²) in [6, 6.07) is 4.71. The molecule has 0 aromatic heterocycles. The van der Waals surface area contributed by atoms with Gasteiger partial charge in [-0.15, -0.1) is 0 Å². The van der Waals surface area contributed by atoms with Crippen molar-refractivity contribution in [1.82, 2.24) is 10.6 Å². The molecule has 0 aliphatic rings. The third-order valence-corrected chi connectivity index (χ3v) is 3.15. The minimum absolute atomic E-state index is 0.201. The van der Waals surface area contributed by atoms with E-state index < -0.39 is 6.04 Å². The fourth-order valence-electron chi connectivity index (χ4n) is 1.86. The molecule has 126 valence electrons. The lowest BCUT2D eigenvalue weighted by Gasteiger charge is -2.12. The first kappa shape index (κ1) is 18.5. The van der Waals surface area contributed by atoms with Crippen molar-refractivity contribution in [3.8, 4) is 11.5 Å². The Bertz CT molecular complexity index is 570. The quantitative estimate of drug-likeness (QED) is 0.716. The first-order valence-corrected chi connectivity index (χ1v) is 7.50. The number of carbonyl (C=O) groups is 2. The van der Waals surface area contributed by atoms with E-state index in [-0.39, 0.29) is 11.8 Å². The van der Waals surface area contributed by atoms with Gasteiger partial charge in [0.25, 0.3) is 0 Å². The van der Waals surface area contributed by atoms with Gasteiger partial charge in [0.15, 0.2) is 0 Å². The van der Waals surface area contributed by atoms with Crippen molar-refractivity contribution in [2.24, 2.45) is 0 Å². The molecule has 0 saturated carbocycles. The molecule has 0 saturated heterocycles. The normalized spacial score (nSPS) is 11.8. The average molecular weight is 320 g/mol. The van der Waals surface area contributed by atoms with Crippen molar-refractivity contribution >= 4 is 17.9 Å². The van der Waals surface area contributed by atoms with Gasteiger partial charge < -0.3 is 20.1 Å². The van der Waals surface area contributed by atoms with Gasteiger partial charge in [0.1, 0.15) is 17.5 Å². The van der Waals surface area contributed by atoms with Crippen LogP contribution in [0.5, 0.6) is 11.5 Å². The van der Waals surface area contributed by atoms with E-state index in [1.807, 2.05) is 6.92 Å². The molecule has 0 radical (unpaired) electrons. The summed E-state index contributed by atoms with van der Waals surface area (Å²) in [5.74, 6) is 0.739. The average Bonchev–Trinajstić information content (AvgIpc) is 2.57. The second-order valence-corrected chi connectivity index (χ2v) is 4.96. The number of ether oxygens (including phenoxy) is 2. The van der Waals surface area contributed by atoms with Gasteiger partial charge in [0, 0.05) is 18.2 Å². The fourth-order valence-corrected chi connectivity index (χ4v) is 1.86. The molecule has 0 bridgehead atoms. The zero-order valence-corrected chi connectivity index (χ0v) is 14.0. The van der Waals surface area contributed by atoms with Crippen molar-refractivity contribution in [2.45, 2.75) is 26.3 Å². The third kappa shape index (κ3) is 6.02. The van der Waals surface area contributed by atoms with E-state index >= 15 is 0 Å². The highest BCUT2D eigenvalue weighted by Gasteiger charge is 2.13. The molecular formula is C17H24N2O4. The summed E-state index contributed by atoms with van der Waals surface area (Å²) in [5, 5.41) is 5.35. The predicted molar refractivity (Wildman–Crippen MR) is 89.5 cm³/mol. The Kier molecular flexibility index (Phi) is 7.66. The van der Waals surface area contributed by atoms with Gasteiger partial charge in [-0.3, -0.25) is 9.59 Å². The molecule has 1 aromatic rings. The lowest BCUT2D eigenvalue weighted by molar-refractivity contribution is -0.126. The summed E-state index contributed by atoms with van der Waals surface area (Å²) in [7, 11) is 3.12. The molecule has 6 heteroatoms. The number of hydrogen-bond donors (Lipinski definition) is 2. The topological polar surface area (TPSA) is 76.7 Å². The van der Waals surface area contributed by atoms with Crippen molar-refractivity contribution in [1.29, 1.82) is 0 Å². The number of rotatable bonds is 8. The monoisotopic (exact) mass is 320 g/mol. The molecule has 0 heterocycles. The Morgan fingerprint density at radius 2 is 2.00 bits per heavy atom. The Hall–Kier alpha value is -2.50. The summed E-state index contributed by atoms with van der Waals surface area (Å²) in [5.41, 5.74) is 0.713. The van der Waals surface area contributed by atoms with Crippen LogP contribution >= 0.6 is 0 Å². The van der Waals surface area contributed by atoms with Gasteiger partial charge in [-0.25, -0.2) is 0 Å². The largest absolute Gasteiger partial charge is 0.497 e. The minimum Gasteiger partial charge on any atom is -0.497 e.